The molecule has 0 radical (unpaired) electrons. The van der Waals surface area contributed by atoms with E-state index in [9.17, 15) is 14.4 Å². The zero-order valence-corrected chi connectivity index (χ0v) is 14.2. The molecule has 0 bridgehead atoms. The molecule has 3 rings (SSSR count). The van der Waals surface area contributed by atoms with Crippen molar-refractivity contribution in [2.24, 2.45) is 0 Å². The van der Waals surface area contributed by atoms with Crippen LogP contribution in [0.4, 0.5) is 0 Å². The molecule has 0 spiro atoms. The zero-order chi connectivity index (χ0) is 18.0. The predicted molar refractivity (Wildman–Crippen MR) is 89.9 cm³/mol. The number of ether oxygens (including phenoxy) is 2. The quantitative estimate of drug-likeness (QED) is 0.589. The number of carbonyl (C=O) groups excluding carboxylic acids is 3. The van der Waals surface area contributed by atoms with E-state index in [2.05, 4.69) is 0 Å². The van der Waals surface area contributed by atoms with Crippen molar-refractivity contribution in [3.63, 3.8) is 0 Å². The Labute approximate surface area is 152 Å². The van der Waals surface area contributed by atoms with Crippen LogP contribution in [-0.2, 0) is 9.53 Å². The molecule has 25 heavy (non-hydrogen) atoms. The van der Waals surface area contributed by atoms with E-state index in [-0.39, 0.29) is 21.9 Å². The molecule has 0 N–H and O–H groups in total. The van der Waals surface area contributed by atoms with Crippen molar-refractivity contribution in [2.75, 3.05) is 13.3 Å². The first kappa shape index (κ1) is 17.3. The van der Waals surface area contributed by atoms with E-state index in [0.717, 1.165) is 4.90 Å². The van der Waals surface area contributed by atoms with E-state index in [4.69, 9.17) is 32.7 Å². The molecule has 2 aromatic carbocycles. The van der Waals surface area contributed by atoms with Crippen molar-refractivity contribution >= 4 is 41.0 Å². The van der Waals surface area contributed by atoms with Crippen LogP contribution in [0.2, 0.25) is 10.0 Å². The number of imide groups is 1. The van der Waals surface area contributed by atoms with Crippen LogP contribution in [0.3, 0.4) is 0 Å². The fourth-order valence-electron chi connectivity index (χ4n) is 2.26. The molecule has 0 fully saturated rings. The maximum absolute atomic E-state index is 12.1. The monoisotopic (exact) mass is 379 g/mol. The molecule has 1 aliphatic rings. The summed E-state index contributed by atoms with van der Waals surface area (Å²) in [6.45, 7) is -0.909. The smallest absolute Gasteiger partial charge is 0.345 e. The van der Waals surface area contributed by atoms with Gasteiger partial charge >= 0.3 is 5.97 Å². The van der Waals surface area contributed by atoms with Crippen molar-refractivity contribution in [1.29, 1.82) is 0 Å². The van der Waals surface area contributed by atoms with Crippen LogP contribution in [0.25, 0.3) is 0 Å². The number of hydrogen-bond donors (Lipinski definition) is 0. The second-order valence-electron chi connectivity index (χ2n) is 5.09. The second-order valence-corrected chi connectivity index (χ2v) is 5.94. The first-order valence-electron chi connectivity index (χ1n) is 7.16. The number of benzene rings is 2. The lowest BCUT2D eigenvalue weighted by Gasteiger charge is -2.14. The highest BCUT2D eigenvalue weighted by molar-refractivity contribution is 6.35. The number of rotatable bonds is 5. The Kier molecular flexibility index (Phi) is 4.92. The number of nitrogens with zero attached hydrogens (tertiary/aromatic N) is 1. The van der Waals surface area contributed by atoms with Gasteiger partial charge in [0.25, 0.3) is 11.8 Å². The minimum atomic E-state index is -0.748. The van der Waals surface area contributed by atoms with Gasteiger partial charge in [0, 0.05) is 5.02 Å². The lowest BCUT2D eigenvalue weighted by Crippen LogP contribution is -2.34. The summed E-state index contributed by atoms with van der Waals surface area (Å²) < 4.78 is 10.2. The van der Waals surface area contributed by atoms with Crippen LogP contribution in [0.15, 0.2) is 42.5 Å². The highest BCUT2D eigenvalue weighted by Crippen LogP contribution is 2.27. The number of fused-ring (bicyclic) bond motifs is 1. The number of halogens is 2. The van der Waals surface area contributed by atoms with Crippen LogP contribution in [-0.4, -0.2) is 36.0 Å². The normalized spacial score (nSPS) is 13.0. The van der Waals surface area contributed by atoms with Gasteiger partial charge in [0.2, 0.25) is 0 Å². The minimum absolute atomic E-state index is 0.251. The van der Waals surface area contributed by atoms with E-state index in [1.54, 1.807) is 30.3 Å². The van der Waals surface area contributed by atoms with Gasteiger partial charge in [-0.15, -0.1) is 0 Å². The van der Waals surface area contributed by atoms with Crippen LogP contribution in [0.5, 0.6) is 5.75 Å². The first-order valence-corrected chi connectivity index (χ1v) is 7.91. The zero-order valence-electron chi connectivity index (χ0n) is 12.7. The lowest BCUT2D eigenvalue weighted by molar-refractivity contribution is -0.148. The summed E-state index contributed by atoms with van der Waals surface area (Å²) in [5, 5.41) is 0.686. The van der Waals surface area contributed by atoms with Crippen molar-refractivity contribution < 1.29 is 23.9 Å². The molecule has 0 unspecified atom stereocenters. The predicted octanol–water partition coefficient (Wildman–Crippen LogP) is 3.17. The van der Waals surface area contributed by atoms with Gasteiger partial charge in [-0.2, -0.15) is 0 Å². The largest absolute Gasteiger partial charge is 0.480 e. The molecule has 8 heteroatoms. The van der Waals surface area contributed by atoms with Gasteiger partial charge in [0.05, 0.1) is 16.1 Å². The summed E-state index contributed by atoms with van der Waals surface area (Å²) in [7, 11) is 0. The van der Waals surface area contributed by atoms with E-state index >= 15 is 0 Å². The van der Waals surface area contributed by atoms with Crippen LogP contribution in [0, 0.1) is 0 Å². The average Bonchev–Trinajstić information content (AvgIpc) is 2.84. The van der Waals surface area contributed by atoms with E-state index in [1.165, 1.54) is 12.1 Å². The van der Waals surface area contributed by atoms with Crippen molar-refractivity contribution in [2.45, 2.75) is 0 Å². The maximum Gasteiger partial charge on any atom is 0.345 e. The summed E-state index contributed by atoms with van der Waals surface area (Å²) >= 11 is 11.7. The Bertz CT molecular complexity index is 833. The molecule has 0 saturated heterocycles. The Morgan fingerprint density at radius 3 is 2.24 bits per heavy atom. The third-order valence-electron chi connectivity index (χ3n) is 3.47. The summed E-state index contributed by atoms with van der Waals surface area (Å²) in [5.74, 6) is -1.49. The molecule has 0 aromatic heterocycles. The van der Waals surface area contributed by atoms with E-state index in [0.29, 0.717) is 5.02 Å². The van der Waals surface area contributed by atoms with Gasteiger partial charge in [-0.05, 0) is 30.3 Å². The molecule has 0 atom stereocenters. The molecule has 2 amide bonds. The number of carbonyl (C=O) groups is 3. The molecule has 0 saturated carbocycles. The van der Waals surface area contributed by atoms with Crippen LogP contribution >= 0.6 is 23.2 Å². The van der Waals surface area contributed by atoms with Gasteiger partial charge in [0.15, 0.2) is 13.3 Å². The standard InChI is InChI=1S/C17H11Cl2NO5/c18-10-5-6-14(13(19)7-10)24-8-15(21)25-9-20-16(22)11-3-1-2-4-12(11)17(20)23/h1-7H,8-9H2. The van der Waals surface area contributed by atoms with E-state index in [1.807, 2.05) is 0 Å². The van der Waals surface area contributed by atoms with Crippen LogP contribution < -0.4 is 4.74 Å². The SMILES string of the molecule is O=C(COc1ccc(Cl)cc1Cl)OCN1C(=O)c2ccccc2C1=O. The number of amides is 2. The Hall–Kier alpha value is -2.57. The third-order valence-corrected chi connectivity index (χ3v) is 4.00. The summed E-state index contributed by atoms with van der Waals surface area (Å²) in [5.41, 5.74) is 0.570. The summed E-state index contributed by atoms with van der Waals surface area (Å²) in [6.07, 6.45) is 0. The average molecular weight is 380 g/mol. The highest BCUT2D eigenvalue weighted by atomic mass is 35.5. The fourth-order valence-corrected chi connectivity index (χ4v) is 2.73. The second kappa shape index (κ2) is 7.13. The molecule has 1 aliphatic heterocycles. The number of esters is 1. The summed E-state index contributed by atoms with van der Waals surface area (Å²) in [4.78, 5) is 36.9. The molecule has 0 aliphatic carbocycles. The summed E-state index contributed by atoms with van der Waals surface area (Å²) in [6, 6.07) is 11.0. The van der Waals surface area contributed by atoms with Gasteiger partial charge < -0.3 is 9.47 Å². The third kappa shape index (κ3) is 3.60. The Morgan fingerprint density at radius 1 is 1.00 bits per heavy atom. The Morgan fingerprint density at radius 2 is 1.64 bits per heavy atom. The van der Waals surface area contributed by atoms with Crippen molar-refractivity contribution in [3.8, 4) is 5.75 Å². The molecular weight excluding hydrogens is 369 g/mol. The molecule has 128 valence electrons. The van der Waals surface area contributed by atoms with Gasteiger partial charge in [-0.1, -0.05) is 35.3 Å². The molecular formula is C17H11Cl2NO5. The lowest BCUT2D eigenvalue weighted by atomic mass is 10.1. The first-order chi connectivity index (χ1) is 12.0. The van der Waals surface area contributed by atoms with Crippen molar-refractivity contribution in [1.82, 2.24) is 4.90 Å². The topological polar surface area (TPSA) is 72.9 Å². The van der Waals surface area contributed by atoms with E-state index < -0.39 is 31.1 Å². The minimum Gasteiger partial charge on any atom is -0.480 e. The van der Waals surface area contributed by atoms with Gasteiger partial charge in [-0.3, -0.25) is 9.59 Å². The number of hydrogen-bond acceptors (Lipinski definition) is 5. The van der Waals surface area contributed by atoms with Gasteiger partial charge in [0.1, 0.15) is 5.75 Å². The van der Waals surface area contributed by atoms with Crippen LogP contribution in [0.1, 0.15) is 20.7 Å². The molecule has 6 nitrogen and oxygen atoms in total. The Balaban J connectivity index is 1.55. The molecule has 1 heterocycles. The van der Waals surface area contributed by atoms with Crippen molar-refractivity contribution in [3.05, 3.63) is 63.6 Å². The fraction of sp³-hybridized carbons (Fsp3) is 0.118. The maximum atomic E-state index is 12.1. The van der Waals surface area contributed by atoms with Gasteiger partial charge in [-0.25, -0.2) is 9.69 Å². The highest BCUT2D eigenvalue weighted by Gasteiger charge is 2.35. The molecule has 2 aromatic rings.